The summed E-state index contributed by atoms with van der Waals surface area (Å²) in [4.78, 5) is 24.9. The van der Waals surface area contributed by atoms with Crippen molar-refractivity contribution in [3.8, 4) is 0 Å². The van der Waals surface area contributed by atoms with Crippen molar-refractivity contribution in [3.05, 3.63) is 33.9 Å². The molecule has 0 aromatic heterocycles. The number of nitrogens with zero attached hydrogens (tertiary/aromatic N) is 2. The summed E-state index contributed by atoms with van der Waals surface area (Å²) >= 11 is 0. The highest BCUT2D eigenvalue weighted by atomic mass is 16.6. The van der Waals surface area contributed by atoms with Crippen molar-refractivity contribution in [1.29, 1.82) is 0 Å². The minimum atomic E-state index is -0.467. The number of hydrogen-bond donors (Lipinski definition) is 2. The maximum atomic E-state index is 11.8. The molecule has 0 radical (unpaired) electrons. The first-order valence-electron chi connectivity index (χ1n) is 8.96. The molecular weight excluding hydrogens is 322 g/mol. The van der Waals surface area contributed by atoms with Crippen LogP contribution in [0.15, 0.2) is 18.2 Å². The van der Waals surface area contributed by atoms with Gasteiger partial charge in [-0.25, -0.2) is 0 Å². The van der Waals surface area contributed by atoms with Crippen molar-refractivity contribution in [2.75, 3.05) is 18.5 Å². The van der Waals surface area contributed by atoms with Crippen molar-refractivity contribution in [3.63, 3.8) is 0 Å². The second-order valence-electron chi connectivity index (χ2n) is 7.05. The van der Waals surface area contributed by atoms with Crippen molar-refractivity contribution < 1.29 is 14.8 Å². The molecule has 0 unspecified atom stereocenters. The van der Waals surface area contributed by atoms with E-state index in [-0.39, 0.29) is 23.2 Å². The minimum Gasteiger partial charge on any atom is -0.391 e. The number of β-amino-alcohol motifs (C(OH)–C–C–N with tert-alkyl or cyclic N) is 1. The Morgan fingerprint density at radius 3 is 2.68 bits per heavy atom. The first-order valence-corrected chi connectivity index (χ1v) is 8.96. The third-order valence-electron chi connectivity index (χ3n) is 5.49. The Hall–Kier alpha value is -2.15. The molecule has 1 heterocycles. The standard InChI is InChI=1S/C18H25N3O4/c1-19-18(23)13-7-8-15(17(9-13)21(24)25)20-11-14(22)10-16(20)12-5-3-2-4-6-12/h7-9,12,14,16,22H,2-6,10-11H2,1H3,(H,19,23)/t14-,16+/m0/s1. The number of carbonyl (C=O) groups excluding carboxylic acids is 1. The minimum absolute atomic E-state index is 0.0731. The lowest BCUT2D eigenvalue weighted by Crippen LogP contribution is -2.37. The van der Waals surface area contributed by atoms with Gasteiger partial charge < -0.3 is 15.3 Å². The summed E-state index contributed by atoms with van der Waals surface area (Å²) in [6, 6.07) is 4.72. The molecule has 2 aliphatic rings. The van der Waals surface area contributed by atoms with Crippen molar-refractivity contribution >= 4 is 17.3 Å². The quantitative estimate of drug-likeness (QED) is 0.644. The Labute approximate surface area is 147 Å². The van der Waals surface area contributed by atoms with Gasteiger partial charge in [0.1, 0.15) is 5.69 Å². The number of hydrogen-bond acceptors (Lipinski definition) is 5. The van der Waals surface area contributed by atoms with Crippen LogP contribution in [-0.2, 0) is 0 Å². The van der Waals surface area contributed by atoms with Crippen LogP contribution in [-0.4, -0.2) is 41.7 Å². The Balaban J connectivity index is 1.95. The first-order chi connectivity index (χ1) is 12.0. The Morgan fingerprint density at radius 1 is 1.32 bits per heavy atom. The zero-order chi connectivity index (χ0) is 18.0. The number of aliphatic hydroxyl groups excluding tert-OH is 1. The van der Waals surface area contributed by atoms with Crippen LogP contribution in [0.3, 0.4) is 0 Å². The number of nitro groups is 1. The zero-order valence-corrected chi connectivity index (χ0v) is 14.5. The van der Waals surface area contributed by atoms with Gasteiger partial charge in [-0.3, -0.25) is 14.9 Å². The van der Waals surface area contributed by atoms with Crippen molar-refractivity contribution in [2.24, 2.45) is 5.92 Å². The van der Waals surface area contributed by atoms with Gasteiger partial charge in [0.15, 0.2) is 0 Å². The largest absolute Gasteiger partial charge is 0.391 e. The molecule has 1 aliphatic heterocycles. The summed E-state index contributed by atoms with van der Waals surface area (Å²) in [5.41, 5.74) is 0.702. The average molecular weight is 347 g/mol. The molecule has 3 rings (SSSR count). The van der Waals surface area contributed by atoms with Crippen LogP contribution in [0.4, 0.5) is 11.4 Å². The van der Waals surface area contributed by atoms with Crippen LogP contribution >= 0.6 is 0 Å². The molecule has 2 N–H and O–H groups in total. The molecule has 7 heteroatoms. The van der Waals surface area contributed by atoms with Gasteiger partial charge in [-0.15, -0.1) is 0 Å². The van der Waals surface area contributed by atoms with Crippen LogP contribution in [0.25, 0.3) is 0 Å². The van der Waals surface area contributed by atoms with Gasteiger partial charge >= 0.3 is 0 Å². The van der Waals surface area contributed by atoms with Gasteiger partial charge in [-0.05, 0) is 37.3 Å². The highest BCUT2D eigenvalue weighted by Crippen LogP contribution is 2.40. The number of nitro benzene ring substituents is 1. The van der Waals surface area contributed by atoms with E-state index in [1.165, 1.54) is 32.4 Å². The summed E-state index contributed by atoms with van der Waals surface area (Å²) < 4.78 is 0. The lowest BCUT2D eigenvalue weighted by atomic mass is 9.82. The predicted octanol–water partition coefficient (Wildman–Crippen LogP) is 2.47. The fourth-order valence-corrected chi connectivity index (χ4v) is 4.28. The van der Waals surface area contributed by atoms with Crippen molar-refractivity contribution in [2.45, 2.75) is 50.7 Å². The second kappa shape index (κ2) is 7.39. The van der Waals surface area contributed by atoms with Crippen LogP contribution < -0.4 is 10.2 Å². The molecular formula is C18H25N3O4. The highest BCUT2D eigenvalue weighted by Gasteiger charge is 2.39. The molecule has 25 heavy (non-hydrogen) atoms. The van der Waals surface area contributed by atoms with Gasteiger partial charge in [0.2, 0.25) is 0 Å². The summed E-state index contributed by atoms with van der Waals surface area (Å²) in [5.74, 6) is 0.115. The van der Waals surface area contributed by atoms with Gasteiger partial charge in [0.25, 0.3) is 11.6 Å². The molecule has 0 spiro atoms. The van der Waals surface area contributed by atoms with Crippen LogP contribution in [0, 0.1) is 16.0 Å². The number of carbonyl (C=O) groups is 1. The highest BCUT2D eigenvalue weighted by molar-refractivity contribution is 5.95. The van der Waals surface area contributed by atoms with E-state index in [1.807, 2.05) is 4.90 Å². The third kappa shape index (κ3) is 3.61. The lowest BCUT2D eigenvalue weighted by molar-refractivity contribution is -0.384. The number of amides is 1. The van der Waals surface area contributed by atoms with E-state index in [0.29, 0.717) is 24.6 Å². The normalized spacial score (nSPS) is 24.3. The molecule has 1 aliphatic carbocycles. The van der Waals surface area contributed by atoms with E-state index in [4.69, 9.17) is 0 Å². The van der Waals surface area contributed by atoms with Gasteiger partial charge in [0, 0.05) is 31.3 Å². The van der Waals surface area contributed by atoms with Crippen molar-refractivity contribution in [1.82, 2.24) is 5.32 Å². The Morgan fingerprint density at radius 2 is 2.04 bits per heavy atom. The molecule has 1 amide bonds. The Kier molecular flexibility index (Phi) is 5.22. The fourth-order valence-electron chi connectivity index (χ4n) is 4.28. The number of rotatable bonds is 4. The number of aliphatic hydroxyl groups is 1. The number of benzene rings is 1. The SMILES string of the molecule is CNC(=O)c1ccc(N2C[C@@H](O)C[C@@H]2C2CCCCC2)c([N+](=O)[O-])c1. The molecule has 1 saturated carbocycles. The maximum absolute atomic E-state index is 11.8. The number of nitrogens with one attached hydrogen (secondary N) is 1. The van der Waals surface area contributed by atoms with Crippen LogP contribution in [0.5, 0.6) is 0 Å². The summed E-state index contributed by atoms with van der Waals surface area (Å²) in [6.07, 6.45) is 6.01. The van der Waals surface area contributed by atoms with Gasteiger partial charge in [-0.1, -0.05) is 19.3 Å². The third-order valence-corrected chi connectivity index (χ3v) is 5.49. The summed E-state index contributed by atoms with van der Waals surface area (Å²) in [5, 5.41) is 24.3. The molecule has 1 aromatic carbocycles. The van der Waals surface area contributed by atoms with E-state index in [1.54, 1.807) is 12.1 Å². The smallest absolute Gasteiger partial charge is 0.293 e. The summed E-state index contributed by atoms with van der Waals surface area (Å²) in [7, 11) is 1.50. The molecule has 2 atom stereocenters. The van der Waals surface area contributed by atoms with E-state index in [2.05, 4.69) is 5.32 Å². The molecule has 7 nitrogen and oxygen atoms in total. The van der Waals surface area contributed by atoms with Crippen LogP contribution in [0.1, 0.15) is 48.9 Å². The van der Waals surface area contributed by atoms with E-state index in [0.717, 1.165) is 12.8 Å². The molecule has 136 valence electrons. The van der Waals surface area contributed by atoms with E-state index in [9.17, 15) is 20.0 Å². The molecule has 2 fully saturated rings. The van der Waals surface area contributed by atoms with Gasteiger partial charge in [0.05, 0.1) is 11.0 Å². The molecule has 0 bridgehead atoms. The first kappa shape index (κ1) is 17.7. The molecule has 1 aromatic rings. The van der Waals surface area contributed by atoms with E-state index < -0.39 is 11.0 Å². The predicted molar refractivity (Wildman–Crippen MR) is 94.8 cm³/mol. The number of anilines is 1. The second-order valence-corrected chi connectivity index (χ2v) is 7.05. The zero-order valence-electron chi connectivity index (χ0n) is 14.5. The topological polar surface area (TPSA) is 95.7 Å². The van der Waals surface area contributed by atoms with Gasteiger partial charge in [-0.2, -0.15) is 0 Å². The monoisotopic (exact) mass is 347 g/mol. The Bertz CT molecular complexity index is 658. The fraction of sp³-hybridized carbons (Fsp3) is 0.611. The lowest BCUT2D eigenvalue weighted by Gasteiger charge is -2.34. The van der Waals surface area contributed by atoms with Crippen LogP contribution in [0.2, 0.25) is 0 Å². The van der Waals surface area contributed by atoms with E-state index >= 15 is 0 Å². The average Bonchev–Trinajstić information content (AvgIpc) is 3.02. The molecule has 1 saturated heterocycles. The summed E-state index contributed by atoms with van der Waals surface area (Å²) in [6.45, 7) is 0.404. The maximum Gasteiger partial charge on any atom is 0.293 e.